The minimum Gasteiger partial charge on any atom is -0.391 e. The lowest BCUT2D eigenvalue weighted by Gasteiger charge is -2.31. The molecular weight excluding hydrogens is 290 g/mol. The maximum absolute atomic E-state index is 11.0. The minimum absolute atomic E-state index is 0.0338. The predicted molar refractivity (Wildman–Crippen MR) is 66.0 cm³/mol. The van der Waals surface area contributed by atoms with Crippen LogP contribution < -0.4 is 4.90 Å². The highest BCUT2D eigenvalue weighted by molar-refractivity contribution is 9.10. The molecule has 1 N–H and O–H groups in total. The van der Waals surface area contributed by atoms with Crippen molar-refractivity contribution in [2.24, 2.45) is 0 Å². The average Bonchev–Trinajstić information content (AvgIpc) is 2.28. The Balaban J connectivity index is 2.39. The minimum atomic E-state index is -0.450. The molecule has 1 atom stereocenters. The Labute approximate surface area is 107 Å². The number of aliphatic hydroxyl groups is 1. The van der Waals surface area contributed by atoms with Crippen LogP contribution in [0.5, 0.6) is 0 Å². The quantitative estimate of drug-likeness (QED) is 0.664. The second kappa shape index (κ2) is 4.97. The Morgan fingerprint density at radius 3 is 3.00 bits per heavy atom. The maximum Gasteiger partial charge on any atom is 0.311 e. The van der Waals surface area contributed by atoms with E-state index in [1.807, 2.05) is 4.90 Å². The number of hydrogen-bond acceptors (Lipinski definition) is 5. The van der Waals surface area contributed by atoms with Gasteiger partial charge in [-0.25, -0.2) is 0 Å². The summed E-state index contributed by atoms with van der Waals surface area (Å²) in [5.74, 6) is 0. The molecule has 0 radical (unpaired) electrons. The molecule has 17 heavy (non-hydrogen) atoms. The van der Waals surface area contributed by atoms with Crippen molar-refractivity contribution in [3.63, 3.8) is 0 Å². The molecule has 1 aromatic rings. The number of piperidine rings is 1. The van der Waals surface area contributed by atoms with Crippen LogP contribution >= 0.6 is 15.9 Å². The molecule has 1 aromatic heterocycles. The molecule has 1 aliphatic heterocycles. The largest absolute Gasteiger partial charge is 0.391 e. The van der Waals surface area contributed by atoms with Gasteiger partial charge in [-0.1, -0.05) is 0 Å². The molecule has 1 aliphatic rings. The van der Waals surface area contributed by atoms with Crippen LogP contribution in [0.3, 0.4) is 0 Å². The normalized spacial score (nSPS) is 20.4. The summed E-state index contributed by atoms with van der Waals surface area (Å²) in [5.41, 5.74) is 0.470. The summed E-state index contributed by atoms with van der Waals surface area (Å²) in [6.07, 6.45) is 3.91. The van der Waals surface area contributed by atoms with Crippen LogP contribution in [0.1, 0.15) is 12.8 Å². The van der Waals surface area contributed by atoms with Gasteiger partial charge in [0.05, 0.1) is 15.5 Å². The van der Waals surface area contributed by atoms with Crippen molar-refractivity contribution in [3.8, 4) is 0 Å². The van der Waals surface area contributed by atoms with Crippen LogP contribution in [-0.4, -0.2) is 34.2 Å². The SMILES string of the molecule is O=[N+]([O-])c1cncc(Br)c1N1CCC[C@H](O)C1. The van der Waals surface area contributed by atoms with Gasteiger partial charge in [0.1, 0.15) is 11.9 Å². The van der Waals surface area contributed by atoms with E-state index in [1.165, 1.54) is 12.4 Å². The van der Waals surface area contributed by atoms with E-state index in [0.717, 1.165) is 12.8 Å². The molecule has 1 fully saturated rings. The molecule has 0 spiro atoms. The highest BCUT2D eigenvalue weighted by Crippen LogP contribution is 2.36. The summed E-state index contributed by atoms with van der Waals surface area (Å²) in [7, 11) is 0. The smallest absolute Gasteiger partial charge is 0.311 e. The number of β-amino-alcohol motifs (C(OH)–C–C–N with tert-alkyl or cyclic N) is 1. The first-order valence-corrected chi connectivity index (χ1v) is 6.10. The molecule has 92 valence electrons. The molecule has 0 aromatic carbocycles. The highest BCUT2D eigenvalue weighted by Gasteiger charge is 2.26. The first-order valence-electron chi connectivity index (χ1n) is 5.30. The highest BCUT2D eigenvalue weighted by atomic mass is 79.9. The van der Waals surface area contributed by atoms with Crippen LogP contribution in [0.2, 0.25) is 0 Å². The Morgan fingerprint density at radius 2 is 2.35 bits per heavy atom. The summed E-state index contributed by atoms with van der Waals surface area (Å²) in [6.45, 7) is 1.13. The monoisotopic (exact) mass is 301 g/mol. The van der Waals surface area contributed by atoms with Crippen molar-refractivity contribution in [1.82, 2.24) is 4.98 Å². The standard InChI is InChI=1S/C10H12BrN3O3/c11-8-4-12-5-9(14(16)17)10(8)13-3-1-2-7(15)6-13/h4-5,7,15H,1-3,6H2/t7-/m0/s1. The van der Waals surface area contributed by atoms with Crippen LogP contribution in [-0.2, 0) is 0 Å². The van der Waals surface area contributed by atoms with Gasteiger partial charge >= 0.3 is 5.69 Å². The Hall–Kier alpha value is -1.21. The third kappa shape index (κ3) is 2.55. The summed E-state index contributed by atoms with van der Waals surface area (Å²) in [5, 5.41) is 20.6. The summed E-state index contributed by atoms with van der Waals surface area (Å²) in [6, 6.07) is 0. The number of nitro groups is 1. The number of rotatable bonds is 2. The third-order valence-corrected chi connectivity index (χ3v) is 3.34. The van der Waals surface area contributed by atoms with E-state index in [2.05, 4.69) is 20.9 Å². The second-order valence-electron chi connectivity index (χ2n) is 3.99. The topological polar surface area (TPSA) is 79.5 Å². The van der Waals surface area contributed by atoms with Crippen LogP contribution in [0.15, 0.2) is 16.9 Å². The summed E-state index contributed by atoms with van der Waals surface area (Å²) in [4.78, 5) is 16.1. The van der Waals surface area contributed by atoms with E-state index in [0.29, 0.717) is 23.2 Å². The van der Waals surface area contributed by atoms with Gasteiger partial charge in [-0.15, -0.1) is 0 Å². The van der Waals surface area contributed by atoms with Crippen LogP contribution in [0.25, 0.3) is 0 Å². The van der Waals surface area contributed by atoms with Crippen molar-refractivity contribution in [1.29, 1.82) is 0 Å². The maximum atomic E-state index is 11.0. The first-order chi connectivity index (χ1) is 8.09. The van der Waals surface area contributed by atoms with E-state index >= 15 is 0 Å². The lowest BCUT2D eigenvalue weighted by atomic mass is 10.1. The number of nitrogens with zero attached hydrogens (tertiary/aromatic N) is 3. The van der Waals surface area contributed by atoms with E-state index in [-0.39, 0.29) is 5.69 Å². The molecule has 0 unspecified atom stereocenters. The first kappa shape index (κ1) is 12.3. The lowest BCUT2D eigenvalue weighted by Crippen LogP contribution is -2.38. The molecule has 7 heteroatoms. The van der Waals surface area contributed by atoms with Gasteiger partial charge in [0.2, 0.25) is 0 Å². The average molecular weight is 302 g/mol. The Morgan fingerprint density at radius 1 is 1.59 bits per heavy atom. The van der Waals surface area contributed by atoms with E-state index in [9.17, 15) is 15.2 Å². The number of hydrogen-bond donors (Lipinski definition) is 1. The molecule has 0 bridgehead atoms. The molecular formula is C10H12BrN3O3. The fourth-order valence-corrected chi connectivity index (χ4v) is 2.59. The van der Waals surface area contributed by atoms with Gasteiger partial charge in [0.15, 0.2) is 0 Å². The molecule has 2 heterocycles. The Kier molecular flexibility index (Phi) is 3.58. The molecule has 2 rings (SSSR count). The number of aromatic nitrogens is 1. The van der Waals surface area contributed by atoms with E-state index in [1.54, 1.807) is 0 Å². The van der Waals surface area contributed by atoms with Crippen LogP contribution in [0.4, 0.5) is 11.4 Å². The predicted octanol–water partition coefficient (Wildman–Crippen LogP) is 1.71. The third-order valence-electron chi connectivity index (χ3n) is 2.76. The zero-order valence-electron chi connectivity index (χ0n) is 9.04. The molecule has 6 nitrogen and oxygen atoms in total. The van der Waals surface area contributed by atoms with Gasteiger partial charge in [-0.05, 0) is 28.8 Å². The number of aliphatic hydroxyl groups excluding tert-OH is 1. The van der Waals surface area contributed by atoms with Crippen LogP contribution in [0, 0.1) is 10.1 Å². The summed E-state index contributed by atoms with van der Waals surface area (Å²) >= 11 is 3.28. The van der Waals surface area contributed by atoms with Crippen molar-refractivity contribution in [2.45, 2.75) is 18.9 Å². The van der Waals surface area contributed by atoms with Gasteiger partial charge in [-0.3, -0.25) is 15.1 Å². The van der Waals surface area contributed by atoms with Crippen molar-refractivity contribution in [2.75, 3.05) is 18.0 Å². The Bertz CT molecular complexity index is 441. The van der Waals surface area contributed by atoms with Crippen molar-refractivity contribution in [3.05, 3.63) is 27.0 Å². The van der Waals surface area contributed by atoms with Gasteiger partial charge in [0, 0.05) is 19.3 Å². The second-order valence-corrected chi connectivity index (χ2v) is 4.84. The number of halogens is 1. The number of anilines is 1. The van der Waals surface area contributed by atoms with Gasteiger partial charge < -0.3 is 10.0 Å². The van der Waals surface area contributed by atoms with Crippen molar-refractivity contribution < 1.29 is 10.0 Å². The molecule has 0 saturated carbocycles. The number of pyridine rings is 1. The van der Waals surface area contributed by atoms with Gasteiger partial charge in [-0.2, -0.15) is 0 Å². The molecule has 1 saturated heterocycles. The molecule has 0 aliphatic carbocycles. The fourth-order valence-electron chi connectivity index (χ4n) is 2.02. The zero-order chi connectivity index (χ0) is 12.4. The van der Waals surface area contributed by atoms with Crippen molar-refractivity contribution >= 4 is 27.3 Å². The van der Waals surface area contributed by atoms with E-state index < -0.39 is 11.0 Å². The lowest BCUT2D eigenvalue weighted by molar-refractivity contribution is -0.384. The molecule has 0 amide bonds. The fraction of sp³-hybridized carbons (Fsp3) is 0.500. The van der Waals surface area contributed by atoms with Gasteiger partial charge in [0.25, 0.3) is 0 Å². The zero-order valence-corrected chi connectivity index (χ0v) is 10.6. The summed E-state index contributed by atoms with van der Waals surface area (Å²) < 4.78 is 0.584. The van der Waals surface area contributed by atoms with E-state index in [4.69, 9.17) is 0 Å².